The zero-order valence-electron chi connectivity index (χ0n) is 39.0. The van der Waals surface area contributed by atoms with Crippen LogP contribution in [0, 0.1) is 5.92 Å². The number of hydrogen-bond acceptors (Lipinski definition) is 13. The standard InChI is InChI=1S/C47H60F2N6O11S/c1-9-37-38(52-44(59)66-45(5,6)42(48)49)41(57)55-25-32(65-40-33-16-14-30(62-8)20-28(33)21-35(51-40)34-17-15-31(24-50-34)63-26(2)3)22-36(55)39(56)53-47(23-29(47)13-11-10-12-27(4)64-37)43(58)54-67(60,61)46(7)18-19-46/h11,13-17,20-21,24,26-27,29,32,36-38,42H,9-10,12,18-19,22-23,25H2,1-8H3,(H,52,59)(H,53,56)(H,54,58)/b13-11-/t27-,29?,32-,36+,37+,38+,47-/m1/s1. The molecule has 3 fully saturated rings. The van der Waals surface area contributed by atoms with Crippen LogP contribution in [0.15, 0.2) is 54.7 Å². The second-order valence-electron chi connectivity index (χ2n) is 18.9. The normalized spacial score (nSPS) is 26.9. The van der Waals surface area contributed by atoms with Crippen molar-refractivity contribution in [1.82, 2.24) is 30.2 Å². The summed E-state index contributed by atoms with van der Waals surface area (Å²) in [7, 11) is -2.57. The Morgan fingerprint density at radius 2 is 1.82 bits per heavy atom. The molecule has 0 radical (unpaired) electrons. The number of hydrogen-bond donors (Lipinski definition) is 3. The highest BCUT2D eigenvalue weighted by molar-refractivity contribution is 7.91. The monoisotopic (exact) mass is 954 g/mol. The molecule has 3 aromatic rings. The molecule has 2 aromatic heterocycles. The molecule has 2 aliphatic heterocycles. The van der Waals surface area contributed by atoms with Crippen LogP contribution in [0.25, 0.3) is 22.2 Å². The summed E-state index contributed by atoms with van der Waals surface area (Å²) in [5.74, 6) is -1.84. The molecule has 0 bridgehead atoms. The molecular formula is C47H60F2N6O11S. The predicted molar refractivity (Wildman–Crippen MR) is 242 cm³/mol. The Morgan fingerprint density at radius 3 is 2.46 bits per heavy atom. The minimum atomic E-state index is -4.11. The average Bonchev–Trinajstić information content (AvgIpc) is 4.15. The maximum Gasteiger partial charge on any atom is 0.408 e. The summed E-state index contributed by atoms with van der Waals surface area (Å²) in [4.78, 5) is 68.1. The molecule has 3 N–H and O–H groups in total. The van der Waals surface area contributed by atoms with Crippen LogP contribution in [0.2, 0.25) is 0 Å². The van der Waals surface area contributed by atoms with Crippen molar-refractivity contribution in [2.45, 2.75) is 152 Å². The van der Waals surface area contributed by atoms with Crippen LogP contribution in [-0.4, -0.2) is 120 Å². The Bertz CT molecular complexity index is 2500. The fourth-order valence-corrected chi connectivity index (χ4v) is 9.64. The summed E-state index contributed by atoms with van der Waals surface area (Å²) in [5, 5.41) is 6.56. The maximum absolute atomic E-state index is 15.1. The van der Waals surface area contributed by atoms with Crippen molar-refractivity contribution in [3.63, 3.8) is 0 Å². The number of ether oxygens (including phenoxy) is 5. The number of amides is 4. The number of halogens is 2. The molecule has 7 atom stereocenters. The Kier molecular flexibility index (Phi) is 14.1. The first-order valence-corrected chi connectivity index (χ1v) is 24.1. The van der Waals surface area contributed by atoms with Gasteiger partial charge in [0.2, 0.25) is 27.7 Å². The molecule has 1 saturated heterocycles. The number of alkyl carbamates (subject to hydrolysis) is 1. The second kappa shape index (κ2) is 19.2. The topological polar surface area (TPSA) is 214 Å². The minimum Gasteiger partial charge on any atom is -0.497 e. The second-order valence-corrected chi connectivity index (χ2v) is 21.1. The van der Waals surface area contributed by atoms with Gasteiger partial charge in [-0.3, -0.25) is 24.1 Å². The molecule has 1 aromatic carbocycles. The van der Waals surface area contributed by atoms with E-state index < -0.39 is 92.5 Å². The molecule has 0 spiro atoms. The lowest BCUT2D eigenvalue weighted by Gasteiger charge is -2.34. The number of rotatable bonds is 13. The zero-order valence-corrected chi connectivity index (χ0v) is 39.8. The molecule has 2 aliphatic carbocycles. The van der Waals surface area contributed by atoms with E-state index in [1.165, 1.54) is 12.0 Å². The molecule has 4 amide bonds. The number of sulfonamides is 1. The van der Waals surface area contributed by atoms with E-state index in [4.69, 9.17) is 28.7 Å². The summed E-state index contributed by atoms with van der Waals surface area (Å²) < 4.78 is 85.1. The van der Waals surface area contributed by atoms with Crippen molar-refractivity contribution >= 4 is 44.6 Å². The highest BCUT2D eigenvalue weighted by Crippen LogP contribution is 2.48. The predicted octanol–water partition coefficient (Wildman–Crippen LogP) is 5.99. The van der Waals surface area contributed by atoms with Gasteiger partial charge in [-0.05, 0) is 122 Å². The van der Waals surface area contributed by atoms with Crippen LogP contribution >= 0.6 is 0 Å². The maximum atomic E-state index is 15.1. The third kappa shape index (κ3) is 10.7. The van der Waals surface area contributed by atoms with Gasteiger partial charge in [0.25, 0.3) is 12.3 Å². The number of fused-ring (bicyclic) bond motifs is 3. The molecule has 4 aliphatic rings. The number of benzene rings is 1. The van der Waals surface area contributed by atoms with Crippen molar-refractivity contribution in [2.75, 3.05) is 13.7 Å². The lowest BCUT2D eigenvalue weighted by molar-refractivity contribution is -0.145. The molecule has 364 valence electrons. The van der Waals surface area contributed by atoms with Gasteiger partial charge in [0, 0.05) is 17.7 Å². The van der Waals surface area contributed by atoms with Crippen LogP contribution in [0.5, 0.6) is 17.4 Å². The van der Waals surface area contributed by atoms with Crippen LogP contribution in [0.1, 0.15) is 93.4 Å². The highest BCUT2D eigenvalue weighted by Gasteiger charge is 2.63. The quantitative estimate of drug-likeness (QED) is 0.168. The van der Waals surface area contributed by atoms with E-state index >= 15 is 4.79 Å². The SMILES string of the molecule is CC[C@@H]1O[C@H](C)CC/C=C\C2C[C@@]2(C(=O)NS(=O)(=O)C2(C)CC2)NC(=O)[C@@H]2C[C@@H](Oc3nc(-c4ccc(OC(C)C)cn4)cc4cc(OC)ccc34)CN2C(=O)[C@H]1NC(=O)OC(C)(C)C(F)F. The molecule has 67 heavy (non-hydrogen) atoms. The summed E-state index contributed by atoms with van der Waals surface area (Å²) in [6.45, 7) is 10.7. The third-order valence-corrected chi connectivity index (χ3v) is 15.0. The number of carbonyl (C=O) groups excluding carboxylic acids is 4. The Balaban J connectivity index is 1.27. The molecule has 17 nitrogen and oxygen atoms in total. The highest BCUT2D eigenvalue weighted by atomic mass is 32.2. The third-order valence-electron chi connectivity index (χ3n) is 12.8. The first kappa shape index (κ1) is 49.3. The van der Waals surface area contributed by atoms with Crippen molar-refractivity contribution in [1.29, 1.82) is 0 Å². The molecule has 7 rings (SSSR count). The van der Waals surface area contributed by atoms with Gasteiger partial charge in [-0.1, -0.05) is 19.1 Å². The van der Waals surface area contributed by atoms with Gasteiger partial charge < -0.3 is 39.2 Å². The fourth-order valence-electron chi connectivity index (χ4n) is 8.33. The average molecular weight is 955 g/mol. The number of nitrogens with one attached hydrogen (secondary N) is 3. The number of aromatic nitrogens is 2. The first-order chi connectivity index (χ1) is 31.6. The van der Waals surface area contributed by atoms with Crippen molar-refractivity contribution in [2.24, 2.45) is 5.92 Å². The molecule has 4 heterocycles. The van der Waals surface area contributed by atoms with E-state index in [-0.39, 0.29) is 37.8 Å². The number of nitrogens with zero attached hydrogens (tertiary/aromatic N) is 3. The van der Waals surface area contributed by atoms with Crippen molar-refractivity contribution < 1.29 is 60.1 Å². The van der Waals surface area contributed by atoms with E-state index in [1.807, 2.05) is 26.0 Å². The van der Waals surface area contributed by atoms with Crippen molar-refractivity contribution in [3.05, 3.63) is 54.7 Å². The molecule has 1 unspecified atom stereocenters. The van der Waals surface area contributed by atoms with E-state index in [9.17, 15) is 31.6 Å². The van der Waals surface area contributed by atoms with E-state index in [0.717, 1.165) is 13.8 Å². The van der Waals surface area contributed by atoms with E-state index in [2.05, 4.69) is 20.3 Å². The number of pyridine rings is 2. The fraction of sp³-hybridized carbons (Fsp3) is 0.574. The summed E-state index contributed by atoms with van der Waals surface area (Å²) in [6.07, 6.45) is -0.0168. The smallest absolute Gasteiger partial charge is 0.408 e. The van der Waals surface area contributed by atoms with Crippen LogP contribution in [-0.2, 0) is 33.9 Å². The largest absolute Gasteiger partial charge is 0.497 e. The van der Waals surface area contributed by atoms with Crippen LogP contribution < -0.4 is 29.6 Å². The summed E-state index contributed by atoms with van der Waals surface area (Å²) in [6, 6.07) is 7.70. The molecule has 20 heteroatoms. The molecular weight excluding hydrogens is 895 g/mol. The van der Waals surface area contributed by atoms with Gasteiger partial charge in [-0.15, -0.1) is 0 Å². The Labute approximate surface area is 389 Å². The van der Waals surface area contributed by atoms with Gasteiger partial charge in [0.05, 0.1) is 54.3 Å². The minimum absolute atomic E-state index is 0.0766. The Hall–Kier alpha value is -5.63. The summed E-state index contributed by atoms with van der Waals surface area (Å²) >= 11 is 0. The summed E-state index contributed by atoms with van der Waals surface area (Å²) in [5.41, 5.74) is -2.98. The first-order valence-electron chi connectivity index (χ1n) is 22.7. The number of methoxy groups -OCH3 is 1. The van der Waals surface area contributed by atoms with E-state index in [0.29, 0.717) is 59.3 Å². The lowest BCUT2D eigenvalue weighted by atomic mass is 10.0. The number of alkyl halides is 2. The van der Waals surface area contributed by atoms with Gasteiger partial charge in [0.1, 0.15) is 35.2 Å². The molecule has 2 saturated carbocycles. The van der Waals surface area contributed by atoms with Gasteiger partial charge in [0.15, 0.2) is 5.60 Å². The Morgan fingerprint density at radius 1 is 1.09 bits per heavy atom. The zero-order chi connectivity index (χ0) is 48.6. The van der Waals surface area contributed by atoms with Gasteiger partial charge in [-0.25, -0.2) is 27.0 Å². The lowest BCUT2D eigenvalue weighted by Crippen LogP contribution is -2.61. The van der Waals surface area contributed by atoms with Crippen LogP contribution in [0.4, 0.5) is 13.6 Å². The number of allylic oxidation sites excluding steroid dienone is 1. The van der Waals surface area contributed by atoms with Gasteiger partial charge >= 0.3 is 6.09 Å². The number of carbonyl (C=O) groups is 4. The van der Waals surface area contributed by atoms with Crippen molar-refractivity contribution in [3.8, 4) is 28.8 Å². The van der Waals surface area contributed by atoms with E-state index in [1.54, 1.807) is 63.4 Å². The van der Waals surface area contributed by atoms with Gasteiger partial charge in [-0.2, -0.15) is 0 Å². The van der Waals surface area contributed by atoms with Crippen LogP contribution in [0.3, 0.4) is 0 Å².